The topological polar surface area (TPSA) is 132 Å². The average molecular weight is 1740 g/mol. The summed E-state index contributed by atoms with van der Waals surface area (Å²) in [6, 6.07) is 149. The third kappa shape index (κ3) is 11.3. The number of nitrogens with zero attached hydrogens (tertiary/aromatic N) is 12. The molecule has 0 bridgehead atoms. The van der Waals surface area contributed by atoms with Crippen LogP contribution in [0.25, 0.3) is 275 Å². The van der Waals surface area contributed by atoms with E-state index in [2.05, 4.69) is 391 Å². The second-order valence-corrected chi connectivity index (χ2v) is 35.8. The Kier molecular flexibility index (Phi) is 16.1. The van der Waals surface area contributed by atoms with Gasteiger partial charge < -0.3 is 8.83 Å². The van der Waals surface area contributed by atoms with Crippen LogP contribution >= 0.6 is 11.3 Å². The Morgan fingerprint density at radius 2 is 0.511 bits per heavy atom. The van der Waals surface area contributed by atoms with E-state index < -0.39 is 0 Å². The van der Waals surface area contributed by atoms with Gasteiger partial charge in [-0.1, -0.05) is 261 Å². The minimum atomic E-state index is 0.820. The van der Waals surface area contributed by atoms with Crippen molar-refractivity contribution >= 4 is 224 Å². The molecule has 0 amide bonds. The first-order valence-electron chi connectivity index (χ1n) is 45.4. The molecule has 0 aliphatic rings. The highest BCUT2D eigenvalue weighted by Crippen LogP contribution is 2.47. The molecule has 0 aliphatic heterocycles. The Hall–Kier alpha value is -18.2. The smallest absolute Gasteiger partial charge is 0.221 e. The van der Waals surface area contributed by atoms with Gasteiger partial charge in [0.1, 0.15) is 39.3 Å². The normalized spacial score (nSPS) is 12.1. The van der Waals surface area contributed by atoms with E-state index in [0.717, 1.165) is 205 Å². The van der Waals surface area contributed by atoms with Crippen LogP contribution in [0.2, 0.25) is 0 Å². The van der Waals surface area contributed by atoms with Crippen LogP contribution in [0.3, 0.4) is 0 Å². The first-order chi connectivity index (χ1) is 66.9. The van der Waals surface area contributed by atoms with Gasteiger partial charge in [-0.3, -0.25) is 26.9 Å². The third-order valence-corrected chi connectivity index (χ3v) is 28.6. The molecule has 15 heteroatoms. The summed E-state index contributed by atoms with van der Waals surface area (Å²) < 4.78 is 28.8. The maximum Gasteiger partial charge on any atom is 0.221 e. The Balaban J connectivity index is 0.0000000987. The summed E-state index contributed by atoms with van der Waals surface area (Å²) in [4.78, 5) is 31.2. The van der Waals surface area contributed by atoms with Crippen LogP contribution in [-0.4, -0.2) is 56.8 Å². The first kappa shape index (κ1) is 74.7. The number of thiophene rings is 1. The van der Waals surface area contributed by atoms with E-state index in [0.29, 0.717) is 0 Å². The molecule has 14 nitrogen and oxygen atoms in total. The lowest BCUT2D eigenvalue weighted by Crippen LogP contribution is -2.06. The molecule has 628 valence electrons. The van der Waals surface area contributed by atoms with Crippen LogP contribution in [0.4, 0.5) is 0 Å². The van der Waals surface area contributed by atoms with Crippen molar-refractivity contribution in [1.82, 2.24) is 56.8 Å². The van der Waals surface area contributed by atoms with Gasteiger partial charge in [-0.05, 0) is 203 Å². The molecule has 12 heterocycles. The molecular weight excluding hydrogens is 1670 g/mol. The Morgan fingerprint density at radius 1 is 0.185 bits per heavy atom. The molecule has 0 spiro atoms. The van der Waals surface area contributed by atoms with Gasteiger partial charge in [0.2, 0.25) is 17.8 Å². The lowest BCUT2D eigenvalue weighted by atomic mass is 9.99. The van der Waals surface area contributed by atoms with Gasteiger partial charge in [-0.2, -0.15) is 0 Å². The number of para-hydroxylation sites is 14. The van der Waals surface area contributed by atoms with Crippen LogP contribution in [-0.2, 0) is 0 Å². The lowest BCUT2D eigenvalue weighted by molar-refractivity contribution is 0.669. The fourth-order valence-corrected chi connectivity index (χ4v) is 22.5. The molecule has 135 heavy (non-hydrogen) atoms. The number of benzene rings is 19. The van der Waals surface area contributed by atoms with E-state index in [1.165, 1.54) is 69.4 Å². The second kappa shape index (κ2) is 29.2. The maximum atomic E-state index is 6.41. The summed E-state index contributed by atoms with van der Waals surface area (Å²) in [6.45, 7) is 0. The molecule has 0 fully saturated rings. The van der Waals surface area contributed by atoms with Crippen molar-refractivity contribution in [3.8, 4) is 62.4 Å². The zero-order valence-electron chi connectivity index (χ0n) is 72.0. The average Bonchev–Trinajstić information content (AvgIpc) is 1.56. The van der Waals surface area contributed by atoms with Crippen LogP contribution in [0.15, 0.2) is 433 Å². The molecule has 0 aliphatic carbocycles. The maximum absolute atomic E-state index is 6.41. The third-order valence-electron chi connectivity index (χ3n) is 27.3. The van der Waals surface area contributed by atoms with E-state index >= 15 is 0 Å². The lowest BCUT2D eigenvalue weighted by Gasteiger charge is -2.12. The van der Waals surface area contributed by atoms with Gasteiger partial charge in [0, 0.05) is 95.8 Å². The van der Waals surface area contributed by atoms with Crippen molar-refractivity contribution < 1.29 is 8.83 Å². The number of furan rings is 2. The van der Waals surface area contributed by atoms with Gasteiger partial charge >= 0.3 is 0 Å². The van der Waals surface area contributed by atoms with Crippen molar-refractivity contribution in [3.05, 3.63) is 425 Å². The molecule has 0 atom stereocenters. The fourth-order valence-electron chi connectivity index (χ4n) is 21.2. The molecule has 19 aromatic carbocycles. The number of aromatic nitrogens is 12. The molecule has 0 saturated carbocycles. The SMILES string of the molecule is c1ccc(-c2ccc3oc4ccc(-c5ccc6c(c5)c5ccccc5n6-c5nc6ccccc6c6nc7ccccc7n56)cc4c3c2)cc1.c1ccc2c(c1)nc(-n1c3ccccc3c3cc(-c4cccc5c4oc4ccccc45)ccc31)n1c3ccccc3nc21.c1ccc2c(c1)nc(-n1c3ccccc3c3cc(-c4cccc5c4sc4ccccc45)ccc31)n1c3ccccc3nc21. The summed E-state index contributed by atoms with van der Waals surface area (Å²) >= 11 is 1.87. The van der Waals surface area contributed by atoms with Gasteiger partial charge in [0.25, 0.3) is 0 Å². The molecule has 0 saturated heterocycles. The molecule has 31 aromatic rings. The monoisotopic (exact) mass is 1740 g/mol. The van der Waals surface area contributed by atoms with E-state index in [1.807, 2.05) is 72.0 Å². The van der Waals surface area contributed by atoms with E-state index in [4.69, 9.17) is 38.7 Å². The number of hydrogen-bond donors (Lipinski definition) is 0. The largest absolute Gasteiger partial charge is 0.456 e. The van der Waals surface area contributed by atoms with Crippen molar-refractivity contribution in [2.75, 3.05) is 0 Å². The van der Waals surface area contributed by atoms with Crippen LogP contribution in [0.1, 0.15) is 0 Å². The van der Waals surface area contributed by atoms with E-state index in [9.17, 15) is 0 Å². The van der Waals surface area contributed by atoms with Gasteiger partial charge in [0.15, 0.2) is 0 Å². The van der Waals surface area contributed by atoms with Crippen LogP contribution in [0, 0.1) is 0 Å². The fraction of sp³-hybridized carbons (Fsp3) is 0. The number of rotatable bonds is 7. The summed E-state index contributed by atoms with van der Waals surface area (Å²) in [5.74, 6) is 2.48. The van der Waals surface area contributed by atoms with Crippen LogP contribution in [0.5, 0.6) is 0 Å². The Morgan fingerprint density at radius 3 is 0.993 bits per heavy atom. The van der Waals surface area contributed by atoms with Gasteiger partial charge in [-0.25, -0.2) is 29.9 Å². The molecule has 0 unspecified atom stereocenters. The standard InChI is InChI=1S/C44H26N4O.C38H22N4O.C38H22N4S/c1-2-10-27(11-3-1)28-19-22-41-34(25-28)35-26-30(20-23-42(35)49-41)29-18-21-39-33(24-29)31-12-5-8-16-38(31)47(39)44-46-36-14-6-4-13-32(36)43-45-37-15-7-9-17-40(37)48(43)44;2*1-4-15-30-28(12-1)37-39-31-16-5-7-18-34(31)42(37)38(40-30)41-32-17-6-2-10-25(32)29-22-23(20-21-33(29)41)24-13-9-14-27-26-11-3-8-19-35(26)43-36(24)27/h1-26H;2*1-22H. The minimum absolute atomic E-state index is 0.820. The highest BCUT2D eigenvalue weighted by atomic mass is 32.1. The summed E-state index contributed by atoms with van der Waals surface area (Å²) in [7, 11) is 0. The van der Waals surface area contributed by atoms with E-state index in [-0.39, 0.29) is 0 Å². The number of imidazole rings is 3. The van der Waals surface area contributed by atoms with Gasteiger partial charge in [0.05, 0.1) is 82.8 Å². The first-order valence-corrected chi connectivity index (χ1v) is 46.2. The highest BCUT2D eigenvalue weighted by Gasteiger charge is 2.27. The van der Waals surface area contributed by atoms with Crippen molar-refractivity contribution in [1.29, 1.82) is 0 Å². The van der Waals surface area contributed by atoms with E-state index in [1.54, 1.807) is 0 Å². The Labute approximate surface area is 770 Å². The predicted molar refractivity (Wildman–Crippen MR) is 556 cm³/mol. The predicted octanol–water partition coefficient (Wildman–Crippen LogP) is 31.2. The number of hydrogen-bond acceptors (Lipinski definition) is 9. The van der Waals surface area contributed by atoms with Crippen molar-refractivity contribution in [2.45, 2.75) is 0 Å². The highest BCUT2D eigenvalue weighted by molar-refractivity contribution is 7.26. The minimum Gasteiger partial charge on any atom is -0.456 e. The summed E-state index contributed by atoms with van der Waals surface area (Å²) in [5, 5.41) is 17.3. The molecule has 0 radical (unpaired) electrons. The molecule has 31 rings (SSSR count). The summed E-state index contributed by atoms with van der Waals surface area (Å²) in [6.07, 6.45) is 0. The Bertz CT molecular complexity index is 10100. The zero-order chi connectivity index (χ0) is 88.2. The zero-order valence-corrected chi connectivity index (χ0v) is 72.8. The molecule has 0 N–H and O–H groups in total. The second-order valence-electron chi connectivity index (χ2n) is 34.8. The molecule has 12 aromatic heterocycles. The quantitative estimate of drug-likeness (QED) is 0.154. The number of fused-ring (bicyclic) bond motifs is 33. The summed E-state index contributed by atoms with van der Waals surface area (Å²) in [5.41, 5.74) is 31.0. The van der Waals surface area contributed by atoms with Crippen molar-refractivity contribution in [2.24, 2.45) is 0 Å². The van der Waals surface area contributed by atoms with Crippen molar-refractivity contribution in [3.63, 3.8) is 0 Å². The van der Waals surface area contributed by atoms with Crippen LogP contribution < -0.4 is 0 Å². The van der Waals surface area contributed by atoms with Gasteiger partial charge in [-0.15, -0.1) is 11.3 Å². The molecular formula is C120H70N12O2S.